The Morgan fingerprint density at radius 2 is 1.89 bits per heavy atom. The number of anilines is 2. The van der Waals surface area contributed by atoms with Crippen molar-refractivity contribution in [2.24, 2.45) is 0 Å². The molecule has 3 aromatic rings. The van der Waals surface area contributed by atoms with Gasteiger partial charge in [0.2, 0.25) is 17.6 Å². The molecule has 0 bridgehead atoms. The lowest BCUT2D eigenvalue weighted by atomic mass is 10.2. The molecule has 27 heavy (non-hydrogen) atoms. The first-order valence-corrected chi connectivity index (χ1v) is 9.31. The van der Waals surface area contributed by atoms with Gasteiger partial charge in [0.25, 0.3) is 0 Å². The summed E-state index contributed by atoms with van der Waals surface area (Å²) in [6, 6.07) is 17.7. The SMILES string of the molecule is O=C(CCc1nc(-c2ccccc2)no1)Nc1cccc(N2CCCC2)c1. The highest BCUT2D eigenvalue weighted by Crippen LogP contribution is 2.23. The largest absolute Gasteiger partial charge is 0.371 e. The Morgan fingerprint density at radius 3 is 2.70 bits per heavy atom. The van der Waals surface area contributed by atoms with E-state index in [-0.39, 0.29) is 5.91 Å². The lowest BCUT2D eigenvalue weighted by molar-refractivity contribution is -0.116. The number of hydrogen-bond acceptors (Lipinski definition) is 5. The van der Waals surface area contributed by atoms with Crippen molar-refractivity contribution < 1.29 is 9.32 Å². The highest BCUT2D eigenvalue weighted by atomic mass is 16.5. The molecule has 0 unspecified atom stereocenters. The van der Waals surface area contributed by atoms with Crippen molar-refractivity contribution in [3.63, 3.8) is 0 Å². The summed E-state index contributed by atoms with van der Waals surface area (Å²) in [5.41, 5.74) is 2.88. The van der Waals surface area contributed by atoms with Crippen LogP contribution in [0.15, 0.2) is 59.1 Å². The molecule has 0 atom stereocenters. The molecule has 1 aliphatic heterocycles. The van der Waals surface area contributed by atoms with E-state index in [9.17, 15) is 4.79 Å². The summed E-state index contributed by atoms with van der Waals surface area (Å²) in [5, 5.41) is 6.94. The van der Waals surface area contributed by atoms with Crippen LogP contribution in [0.4, 0.5) is 11.4 Å². The molecule has 0 radical (unpaired) electrons. The normalized spacial score (nSPS) is 13.7. The minimum absolute atomic E-state index is 0.0620. The second-order valence-corrected chi connectivity index (χ2v) is 6.67. The standard InChI is InChI=1S/C21H22N4O2/c26-19(22-17-9-6-10-18(15-17)25-13-4-5-14-25)11-12-20-23-21(24-27-20)16-7-2-1-3-8-16/h1-3,6-10,15H,4-5,11-14H2,(H,22,26). The molecule has 4 rings (SSSR count). The summed E-state index contributed by atoms with van der Waals surface area (Å²) < 4.78 is 5.26. The van der Waals surface area contributed by atoms with Crippen LogP contribution in [0.2, 0.25) is 0 Å². The van der Waals surface area contributed by atoms with Gasteiger partial charge in [0, 0.05) is 42.9 Å². The number of carbonyl (C=O) groups excluding carboxylic acids is 1. The van der Waals surface area contributed by atoms with Crippen LogP contribution in [0.25, 0.3) is 11.4 Å². The van der Waals surface area contributed by atoms with E-state index < -0.39 is 0 Å². The Labute approximate surface area is 158 Å². The fraction of sp³-hybridized carbons (Fsp3) is 0.286. The zero-order valence-electron chi connectivity index (χ0n) is 15.1. The first kappa shape index (κ1) is 17.3. The average Bonchev–Trinajstić information content (AvgIpc) is 3.40. The third-order valence-electron chi connectivity index (χ3n) is 4.67. The second kappa shape index (κ2) is 8.03. The van der Waals surface area contributed by atoms with Gasteiger partial charge < -0.3 is 14.7 Å². The topological polar surface area (TPSA) is 71.3 Å². The smallest absolute Gasteiger partial charge is 0.227 e. The zero-order valence-corrected chi connectivity index (χ0v) is 15.1. The Kier molecular flexibility index (Phi) is 5.14. The summed E-state index contributed by atoms with van der Waals surface area (Å²) in [6.07, 6.45) is 3.17. The summed E-state index contributed by atoms with van der Waals surface area (Å²) in [7, 11) is 0. The van der Waals surface area contributed by atoms with Gasteiger partial charge in [-0.25, -0.2) is 0 Å². The summed E-state index contributed by atoms with van der Waals surface area (Å²) >= 11 is 0. The van der Waals surface area contributed by atoms with E-state index in [2.05, 4.69) is 26.4 Å². The molecule has 1 aliphatic rings. The molecule has 1 fully saturated rings. The Balaban J connectivity index is 1.32. The molecule has 0 aliphatic carbocycles. The second-order valence-electron chi connectivity index (χ2n) is 6.67. The van der Waals surface area contributed by atoms with Crippen molar-refractivity contribution in [3.05, 3.63) is 60.5 Å². The number of carbonyl (C=O) groups is 1. The van der Waals surface area contributed by atoms with Crippen molar-refractivity contribution in [1.82, 2.24) is 10.1 Å². The minimum atomic E-state index is -0.0620. The molecule has 0 saturated carbocycles. The van der Waals surface area contributed by atoms with Crippen LogP contribution in [0, 0.1) is 0 Å². The number of amides is 1. The number of aryl methyl sites for hydroxylation is 1. The van der Waals surface area contributed by atoms with Crippen LogP contribution in [-0.2, 0) is 11.2 Å². The molecular formula is C21H22N4O2. The lowest BCUT2D eigenvalue weighted by Gasteiger charge is -2.18. The van der Waals surface area contributed by atoms with Crippen LogP contribution in [-0.4, -0.2) is 29.1 Å². The van der Waals surface area contributed by atoms with Crippen LogP contribution in [0.3, 0.4) is 0 Å². The molecule has 1 amide bonds. The number of hydrogen-bond donors (Lipinski definition) is 1. The van der Waals surface area contributed by atoms with Crippen molar-refractivity contribution in [3.8, 4) is 11.4 Å². The van der Waals surface area contributed by atoms with Crippen LogP contribution in [0.5, 0.6) is 0 Å². The molecule has 1 N–H and O–H groups in total. The van der Waals surface area contributed by atoms with Gasteiger partial charge in [0.15, 0.2) is 0 Å². The predicted molar refractivity (Wildman–Crippen MR) is 105 cm³/mol. The molecule has 1 aromatic heterocycles. The van der Waals surface area contributed by atoms with Gasteiger partial charge in [0.1, 0.15) is 0 Å². The van der Waals surface area contributed by atoms with E-state index in [0.717, 1.165) is 30.0 Å². The van der Waals surface area contributed by atoms with Gasteiger partial charge in [-0.05, 0) is 31.0 Å². The molecule has 1 saturated heterocycles. The van der Waals surface area contributed by atoms with Crippen molar-refractivity contribution in [2.75, 3.05) is 23.3 Å². The van der Waals surface area contributed by atoms with Gasteiger partial charge >= 0.3 is 0 Å². The summed E-state index contributed by atoms with van der Waals surface area (Å²) in [6.45, 7) is 2.16. The maximum atomic E-state index is 12.3. The lowest BCUT2D eigenvalue weighted by Crippen LogP contribution is -2.18. The Hall–Kier alpha value is -3.15. The van der Waals surface area contributed by atoms with Crippen LogP contribution >= 0.6 is 0 Å². The zero-order chi connectivity index (χ0) is 18.5. The third kappa shape index (κ3) is 4.34. The van der Waals surface area contributed by atoms with Crippen LogP contribution < -0.4 is 10.2 Å². The van der Waals surface area contributed by atoms with E-state index in [1.807, 2.05) is 48.5 Å². The highest BCUT2D eigenvalue weighted by molar-refractivity contribution is 5.91. The molecule has 0 spiro atoms. The fourth-order valence-corrected chi connectivity index (χ4v) is 3.26. The van der Waals surface area contributed by atoms with E-state index in [0.29, 0.717) is 24.6 Å². The molecule has 138 valence electrons. The Bertz CT molecular complexity index is 901. The van der Waals surface area contributed by atoms with Crippen LogP contribution in [0.1, 0.15) is 25.2 Å². The van der Waals surface area contributed by atoms with E-state index >= 15 is 0 Å². The highest BCUT2D eigenvalue weighted by Gasteiger charge is 2.14. The number of nitrogens with one attached hydrogen (secondary N) is 1. The maximum absolute atomic E-state index is 12.3. The number of nitrogens with zero attached hydrogens (tertiary/aromatic N) is 3. The van der Waals surface area contributed by atoms with Crippen molar-refractivity contribution in [2.45, 2.75) is 25.7 Å². The molecular weight excluding hydrogens is 340 g/mol. The third-order valence-corrected chi connectivity index (χ3v) is 4.67. The van der Waals surface area contributed by atoms with Gasteiger partial charge in [-0.3, -0.25) is 4.79 Å². The van der Waals surface area contributed by atoms with Gasteiger partial charge in [0.05, 0.1) is 0 Å². The quantitative estimate of drug-likeness (QED) is 0.720. The minimum Gasteiger partial charge on any atom is -0.371 e. The maximum Gasteiger partial charge on any atom is 0.227 e. The Morgan fingerprint density at radius 1 is 1.07 bits per heavy atom. The predicted octanol–water partition coefficient (Wildman–Crippen LogP) is 3.91. The van der Waals surface area contributed by atoms with E-state index in [1.165, 1.54) is 12.8 Å². The average molecular weight is 362 g/mol. The first-order chi connectivity index (χ1) is 13.3. The number of rotatable bonds is 6. The van der Waals surface area contributed by atoms with Gasteiger partial charge in [-0.1, -0.05) is 41.6 Å². The van der Waals surface area contributed by atoms with Gasteiger partial charge in [-0.2, -0.15) is 4.98 Å². The molecule has 6 heteroatoms. The summed E-state index contributed by atoms with van der Waals surface area (Å²) in [4.78, 5) is 19.0. The fourth-order valence-electron chi connectivity index (χ4n) is 3.26. The van der Waals surface area contributed by atoms with Gasteiger partial charge in [-0.15, -0.1) is 0 Å². The molecule has 2 aromatic carbocycles. The van der Waals surface area contributed by atoms with Crippen molar-refractivity contribution >= 4 is 17.3 Å². The van der Waals surface area contributed by atoms with E-state index in [1.54, 1.807) is 0 Å². The van der Waals surface area contributed by atoms with Crippen molar-refractivity contribution in [1.29, 1.82) is 0 Å². The monoisotopic (exact) mass is 362 g/mol. The summed E-state index contributed by atoms with van der Waals surface area (Å²) in [5.74, 6) is 0.951. The van der Waals surface area contributed by atoms with E-state index in [4.69, 9.17) is 4.52 Å². The number of benzene rings is 2. The number of aromatic nitrogens is 2. The first-order valence-electron chi connectivity index (χ1n) is 9.31. The molecule has 2 heterocycles. The molecule has 6 nitrogen and oxygen atoms in total.